The monoisotopic (exact) mass is 499 g/mol. The maximum absolute atomic E-state index is 12.8. The number of rotatable bonds is 5. The van der Waals surface area contributed by atoms with Crippen molar-refractivity contribution in [3.8, 4) is 11.3 Å². The lowest BCUT2D eigenvalue weighted by Gasteiger charge is -2.39. The molecule has 2 aliphatic rings. The van der Waals surface area contributed by atoms with E-state index in [1.807, 2.05) is 42.1 Å². The number of amides is 1. The molecule has 4 aromatic rings. The number of aryl methyl sites for hydroxylation is 1. The summed E-state index contributed by atoms with van der Waals surface area (Å²) in [5.41, 5.74) is 4.66. The summed E-state index contributed by atoms with van der Waals surface area (Å²) in [4.78, 5) is 28.8. The van der Waals surface area contributed by atoms with Crippen LogP contribution in [-0.2, 0) is 18.3 Å². The first kappa shape index (κ1) is 23.4. The van der Waals surface area contributed by atoms with Crippen molar-refractivity contribution in [3.63, 3.8) is 0 Å². The molecule has 0 spiro atoms. The van der Waals surface area contributed by atoms with Crippen LogP contribution in [0.4, 0.5) is 17.2 Å². The van der Waals surface area contributed by atoms with E-state index in [9.17, 15) is 9.90 Å². The highest BCUT2D eigenvalue weighted by Crippen LogP contribution is 2.36. The molecule has 190 valence electrons. The average molecular weight is 500 g/mol. The van der Waals surface area contributed by atoms with Crippen LogP contribution in [0.3, 0.4) is 0 Å². The van der Waals surface area contributed by atoms with Crippen molar-refractivity contribution >= 4 is 34.1 Å². The Bertz CT molecular complexity index is 1490. The minimum absolute atomic E-state index is 0.137. The van der Waals surface area contributed by atoms with E-state index in [-0.39, 0.29) is 12.0 Å². The van der Waals surface area contributed by atoms with Crippen LogP contribution in [0.5, 0.6) is 0 Å². The van der Waals surface area contributed by atoms with Crippen molar-refractivity contribution in [2.45, 2.75) is 32.1 Å². The second-order valence-electron chi connectivity index (χ2n) is 10.1. The molecule has 3 N–H and O–H groups in total. The van der Waals surface area contributed by atoms with E-state index in [0.717, 1.165) is 40.1 Å². The molecule has 1 saturated heterocycles. The smallest absolute Gasteiger partial charge is 0.254 e. The molecule has 0 radical (unpaired) electrons. The number of pyridine rings is 3. The maximum atomic E-state index is 12.8. The number of hydrogen-bond donors (Lipinski definition) is 3. The number of carbonyl (C=O) groups excluding carboxylic acids is 1. The third kappa shape index (κ3) is 4.17. The molecule has 0 aliphatic carbocycles. The van der Waals surface area contributed by atoms with Crippen LogP contribution >= 0.6 is 0 Å². The summed E-state index contributed by atoms with van der Waals surface area (Å²) in [6.45, 7) is 5.79. The molecular formula is C27H29N7O3. The molecule has 6 rings (SSSR count). The number of ether oxygens (including phenoxy) is 1. The normalized spacial score (nSPS) is 17.7. The van der Waals surface area contributed by atoms with Crippen molar-refractivity contribution in [3.05, 3.63) is 60.2 Å². The molecule has 10 heteroatoms. The minimum atomic E-state index is -0.920. The Morgan fingerprint density at radius 3 is 2.81 bits per heavy atom. The zero-order valence-corrected chi connectivity index (χ0v) is 21.0. The predicted octanol–water partition coefficient (Wildman–Crippen LogP) is 2.99. The highest BCUT2D eigenvalue weighted by Gasteiger charge is 2.33. The fraction of sp³-hybridized carbons (Fsp3) is 0.333. The zero-order chi connectivity index (χ0) is 25.7. The first-order valence-corrected chi connectivity index (χ1v) is 12.3. The van der Waals surface area contributed by atoms with Gasteiger partial charge in [0, 0.05) is 55.6 Å². The van der Waals surface area contributed by atoms with E-state index in [0.29, 0.717) is 36.8 Å². The van der Waals surface area contributed by atoms with Gasteiger partial charge in [-0.15, -0.1) is 0 Å². The van der Waals surface area contributed by atoms with Crippen LogP contribution < -0.4 is 15.5 Å². The van der Waals surface area contributed by atoms with Crippen LogP contribution in [0.1, 0.15) is 29.8 Å². The summed E-state index contributed by atoms with van der Waals surface area (Å²) >= 11 is 0. The Morgan fingerprint density at radius 1 is 1.16 bits per heavy atom. The SMILES string of the molecule is Cn1ccc2c(-c3ncc(Nc4ccc(N5CCO[C@@H](C(C)(C)O)C5)cn4)c4c3CNC4=O)ccnc21. The molecule has 0 saturated carbocycles. The first-order valence-electron chi connectivity index (χ1n) is 12.3. The lowest BCUT2D eigenvalue weighted by molar-refractivity contribution is -0.0928. The molecule has 0 bridgehead atoms. The van der Waals surface area contributed by atoms with Gasteiger partial charge < -0.3 is 29.9 Å². The van der Waals surface area contributed by atoms with Crippen molar-refractivity contribution in [1.29, 1.82) is 0 Å². The molecule has 4 aromatic heterocycles. The Morgan fingerprint density at radius 2 is 2.03 bits per heavy atom. The van der Waals surface area contributed by atoms with Gasteiger partial charge in [-0.1, -0.05) is 0 Å². The summed E-state index contributed by atoms with van der Waals surface area (Å²) in [5, 5.41) is 17.6. The number of aliphatic hydroxyl groups is 1. The summed E-state index contributed by atoms with van der Waals surface area (Å²) in [5.74, 6) is 0.476. The molecule has 0 aromatic carbocycles. The van der Waals surface area contributed by atoms with Gasteiger partial charge in [-0.05, 0) is 38.1 Å². The number of nitrogens with zero attached hydrogens (tertiary/aromatic N) is 5. The first-order chi connectivity index (χ1) is 17.8. The van der Waals surface area contributed by atoms with Gasteiger partial charge in [-0.3, -0.25) is 9.78 Å². The molecule has 0 unspecified atom stereocenters. The minimum Gasteiger partial charge on any atom is -0.388 e. The van der Waals surface area contributed by atoms with Gasteiger partial charge in [0.05, 0.1) is 47.2 Å². The van der Waals surface area contributed by atoms with Gasteiger partial charge in [0.15, 0.2) is 0 Å². The summed E-state index contributed by atoms with van der Waals surface area (Å²) in [7, 11) is 1.96. The van der Waals surface area contributed by atoms with Gasteiger partial charge in [-0.25, -0.2) is 9.97 Å². The van der Waals surface area contributed by atoms with Crippen molar-refractivity contribution in [2.24, 2.45) is 7.05 Å². The summed E-state index contributed by atoms with van der Waals surface area (Å²) < 4.78 is 7.71. The van der Waals surface area contributed by atoms with Crippen LogP contribution in [0, 0.1) is 0 Å². The van der Waals surface area contributed by atoms with Gasteiger partial charge in [0.25, 0.3) is 5.91 Å². The molecule has 2 aliphatic heterocycles. The maximum Gasteiger partial charge on any atom is 0.254 e. The zero-order valence-electron chi connectivity index (χ0n) is 21.0. The van der Waals surface area contributed by atoms with E-state index in [1.54, 1.807) is 32.4 Å². The third-order valence-corrected chi connectivity index (χ3v) is 7.09. The second kappa shape index (κ2) is 8.82. The van der Waals surface area contributed by atoms with Crippen LogP contribution in [0.25, 0.3) is 22.3 Å². The van der Waals surface area contributed by atoms with Crippen molar-refractivity contribution < 1.29 is 14.6 Å². The molecule has 1 fully saturated rings. The fourth-order valence-electron chi connectivity index (χ4n) is 5.04. The molecule has 1 amide bonds. The summed E-state index contributed by atoms with van der Waals surface area (Å²) in [6.07, 6.45) is 6.95. The Hall–Kier alpha value is -4.02. The number of carbonyl (C=O) groups is 1. The molecule has 6 heterocycles. The largest absolute Gasteiger partial charge is 0.388 e. The second-order valence-corrected chi connectivity index (χ2v) is 10.1. The highest BCUT2D eigenvalue weighted by molar-refractivity contribution is 6.06. The Kier molecular flexibility index (Phi) is 5.58. The third-order valence-electron chi connectivity index (χ3n) is 7.09. The Labute approximate surface area is 214 Å². The molecule has 10 nitrogen and oxygen atoms in total. The standard InChI is InChI=1S/C27H29N7O3/c1-27(2,36)21-15-34(10-11-37-21)16-4-5-22(29-12-16)32-20-14-30-24(19-13-31-26(35)23(19)20)17-6-8-28-25-18(17)7-9-33(25)3/h4-9,12,14,21,36H,10-11,13,15H2,1-3H3,(H,29,32)(H,31,35)/t21-/m1/s1. The number of nitrogens with one attached hydrogen (secondary N) is 2. The van der Waals surface area contributed by atoms with Gasteiger partial charge in [-0.2, -0.15) is 0 Å². The van der Waals surface area contributed by atoms with Crippen molar-refractivity contribution in [2.75, 3.05) is 29.9 Å². The number of fused-ring (bicyclic) bond motifs is 2. The predicted molar refractivity (Wildman–Crippen MR) is 141 cm³/mol. The quantitative estimate of drug-likeness (QED) is 0.384. The van der Waals surface area contributed by atoms with Crippen LogP contribution in [0.2, 0.25) is 0 Å². The number of aromatic nitrogens is 4. The number of hydrogen-bond acceptors (Lipinski definition) is 8. The molecule has 1 atom stereocenters. The topological polar surface area (TPSA) is 117 Å². The van der Waals surface area contributed by atoms with E-state index >= 15 is 0 Å². The van der Waals surface area contributed by atoms with Gasteiger partial charge >= 0.3 is 0 Å². The fourth-order valence-corrected chi connectivity index (χ4v) is 5.04. The van der Waals surface area contributed by atoms with Crippen LogP contribution in [-0.4, -0.2) is 61.9 Å². The highest BCUT2D eigenvalue weighted by atomic mass is 16.5. The lowest BCUT2D eigenvalue weighted by Crippen LogP contribution is -2.52. The molecular weight excluding hydrogens is 470 g/mol. The van der Waals surface area contributed by atoms with Crippen LogP contribution in [0.15, 0.2) is 49.1 Å². The van der Waals surface area contributed by atoms with E-state index in [2.05, 4.69) is 25.5 Å². The van der Waals surface area contributed by atoms with Gasteiger partial charge in [0.2, 0.25) is 0 Å². The average Bonchev–Trinajstić information content (AvgIpc) is 3.47. The van der Waals surface area contributed by atoms with Gasteiger partial charge in [0.1, 0.15) is 17.6 Å². The number of morpholine rings is 1. The van der Waals surface area contributed by atoms with E-state index in [4.69, 9.17) is 9.72 Å². The van der Waals surface area contributed by atoms with Crippen molar-refractivity contribution in [1.82, 2.24) is 24.8 Å². The Balaban J connectivity index is 1.28. The molecule has 37 heavy (non-hydrogen) atoms. The number of anilines is 3. The van der Waals surface area contributed by atoms with E-state index < -0.39 is 5.60 Å². The summed E-state index contributed by atoms with van der Waals surface area (Å²) in [6, 6.07) is 7.82. The lowest BCUT2D eigenvalue weighted by atomic mass is 10.00. The van der Waals surface area contributed by atoms with E-state index in [1.165, 1.54) is 0 Å².